The van der Waals surface area contributed by atoms with Crippen LogP contribution in [0.1, 0.15) is 41.8 Å². The van der Waals surface area contributed by atoms with Crippen molar-refractivity contribution in [1.82, 2.24) is 10.3 Å². The van der Waals surface area contributed by atoms with E-state index in [2.05, 4.69) is 49.3 Å². The molecule has 0 radical (unpaired) electrons. The molecule has 112 valence electrons. The van der Waals surface area contributed by atoms with Gasteiger partial charge in [-0.05, 0) is 50.9 Å². The van der Waals surface area contributed by atoms with Crippen molar-refractivity contribution in [2.75, 3.05) is 6.54 Å². The smallest absolute Gasteiger partial charge is 0.146 e. The summed E-state index contributed by atoms with van der Waals surface area (Å²) in [6.45, 7) is 7.14. The number of nitrogens with one attached hydrogen (secondary N) is 1. The van der Waals surface area contributed by atoms with Gasteiger partial charge in [0.15, 0.2) is 0 Å². The highest BCUT2D eigenvalue weighted by molar-refractivity contribution is 5.30. The monoisotopic (exact) mass is 286 g/mol. The van der Waals surface area contributed by atoms with E-state index in [9.17, 15) is 4.39 Å². The lowest BCUT2D eigenvalue weighted by Gasteiger charge is -2.19. The fourth-order valence-corrected chi connectivity index (χ4v) is 2.66. The predicted octanol–water partition coefficient (Wildman–Crippen LogP) is 4.12. The summed E-state index contributed by atoms with van der Waals surface area (Å²) < 4.78 is 14.0. The number of nitrogens with zero attached hydrogens (tertiary/aromatic N) is 1. The van der Waals surface area contributed by atoms with E-state index < -0.39 is 0 Å². The zero-order valence-corrected chi connectivity index (χ0v) is 13.0. The Morgan fingerprint density at radius 2 is 1.90 bits per heavy atom. The Labute approximate surface area is 126 Å². The Kier molecular flexibility index (Phi) is 5.45. The third-order valence-electron chi connectivity index (χ3n) is 3.48. The summed E-state index contributed by atoms with van der Waals surface area (Å²) in [6, 6.07) is 9.49. The molecule has 0 amide bonds. The van der Waals surface area contributed by atoms with Gasteiger partial charge in [-0.3, -0.25) is 4.98 Å². The van der Waals surface area contributed by atoms with Gasteiger partial charge in [-0.2, -0.15) is 0 Å². The standard InChI is InChI=1S/C18H23FN2/c1-4-7-20-17(18-16(19)6-5-8-21-18)12-15-10-13(2)9-14(3)11-15/h5-6,8-11,17,20H,4,7,12H2,1-3H3. The van der Waals surface area contributed by atoms with E-state index in [0.717, 1.165) is 19.4 Å². The first-order chi connectivity index (χ1) is 10.1. The van der Waals surface area contributed by atoms with Gasteiger partial charge in [-0.15, -0.1) is 0 Å². The van der Waals surface area contributed by atoms with Gasteiger partial charge in [0, 0.05) is 6.20 Å². The molecular formula is C18H23FN2. The summed E-state index contributed by atoms with van der Waals surface area (Å²) in [7, 11) is 0. The molecule has 1 aromatic carbocycles. The highest BCUT2D eigenvalue weighted by Crippen LogP contribution is 2.21. The summed E-state index contributed by atoms with van der Waals surface area (Å²) in [5.74, 6) is -0.240. The number of hydrogen-bond donors (Lipinski definition) is 1. The molecule has 0 spiro atoms. The average molecular weight is 286 g/mol. The molecule has 2 rings (SSSR count). The average Bonchev–Trinajstić information content (AvgIpc) is 2.43. The van der Waals surface area contributed by atoms with Crippen LogP contribution in [0.3, 0.4) is 0 Å². The van der Waals surface area contributed by atoms with Crippen molar-refractivity contribution in [3.63, 3.8) is 0 Å². The molecule has 0 saturated heterocycles. The topological polar surface area (TPSA) is 24.9 Å². The molecule has 1 unspecified atom stereocenters. The van der Waals surface area contributed by atoms with E-state index in [1.807, 2.05) is 0 Å². The summed E-state index contributed by atoms with van der Waals surface area (Å²) in [6.07, 6.45) is 3.41. The van der Waals surface area contributed by atoms with Crippen LogP contribution in [-0.2, 0) is 6.42 Å². The van der Waals surface area contributed by atoms with Crippen molar-refractivity contribution < 1.29 is 4.39 Å². The molecule has 0 aliphatic heterocycles. The van der Waals surface area contributed by atoms with E-state index in [1.165, 1.54) is 22.8 Å². The molecule has 0 aliphatic rings. The van der Waals surface area contributed by atoms with Crippen molar-refractivity contribution in [3.8, 4) is 0 Å². The number of hydrogen-bond acceptors (Lipinski definition) is 2. The molecule has 0 saturated carbocycles. The van der Waals surface area contributed by atoms with Crippen LogP contribution in [0, 0.1) is 19.7 Å². The van der Waals surface area contributed by atoms with Crippen LogP contribution in [-0.4, -0.2) is 11.5 Å². The summed E-state index contributed by atoms with van der Waals surface area (Å²) in [5.41, 5.74) is 4.19. The van der Waals surface area contributed by atoms with Crippen molar-refractivity contribution >= 4 is 0 Å². The predicted molar refractivity (Wildman–Crippen MR) is 84.8 cm³/mol. The quantitative estimate of drug-likeness (QED) is 0.864. The lowest BCUT2D eigenvalue weighted by atomic mass is 9.99. The molecule has 2 aromatic rings. The highest BCUT2D eigenvalue weighted by atomic mass is 19.1. The van der Waals surface area contributed by atoms with E-state index in [1.54, 1.807) is 12.3 Å². The van der Waals surface area contributed by atoms with E-state index in [-0.39, 0.29) is 11.9 Å². The molecule has 1 atom stereocenters. The highest BCUT2D eigenvalue weighted by Gasteiger charge is 2.17. The maximum absolute atomic E-state index is 14.0. The maximum Gasteiger partial charge on any atom is 0.146 e. The summed E-state index contributed by atoms with van der Waals surface area (Å²) >= 11 is 0. The van der Waals surface area contributed by atoms with Crippen LogP contribution in [0.15, 0.2) is 36.5 Å². The summed E-state index contributed by atoms with van der Waals surface area (Å²) in [5, 5.41) is 3.41. The van der Waals surface area contributed by atoms with Crippen LogP contribution >= 0.6 is 0 Å². The lowest BCUT2D eigenvalue weighted by Crippen LogP contribution is -2.26. The number of aryl methyl sites for hydroxylation is 2. The van der Waals surface area contributed by atoms with Crippen LogP contribution < -0.4 is 5.32 Å². The zero-order valence-electron chi connectivity index (χ0n) is 13.0. The SMILES string of the molecule is CCCNC(Cc1cc(C)cc(C)c1)c1ncccc1F. The Morgan fingerprint density at radius 3 is 2.52 bits per heavy atom. The Balaban J connectivity index is 2.26. The fourth-order valence-electron chi connectivity index (χ4n) is 2.66. The minimum absolute atomic E-state index is 0.0904. The molecule has 3 heteroatoms. The van der Waals surface area contributed by atoms with Crippen molar-refractivity contribution in [2.45, 2.75) is 39.7 Å². The molecule has 0 fully saturated rings. The van der Waals surface area contributed by atoms with Crippen LogP contribution in [0.25, 0.3) is 0 Å². The molecule has 21 heavy (non-hydrogen) atoms. The normalized spacial score (nSPS) is 12.4. The van der Waals surface area contributed by atoms with Crippen LogP contribution in [0.2, 0.25) is 0 Å². The Hall–Kier alpha value is -1.74. The second kappa shape index (κ2) is 7.32. The molecular weight excluding hydrogens is 263 g/mol. The fraction of sp³-hybridized carbons (Fsp3) is 0.389. The third-order valence-corrected chi connectivity index (χ3v) is 3.48. The molecule has 0 aliphatic carbocycles. The molecule has 0 bridgehead atoms. The number of rotatable bonds is 6. The van der Waals surface area contributed by atoms with Gasteiger partial charge in [0.25, 0.3) is 0 Å². The van der Waals surface area contributed by atoms with Gasteiger partial charge in [-0.1, -0.05) is 36.2 Å². The number of aromatic nitrogens is 1. The number of benzene rings is 1. The van der Waals surface area contributed by atoms with E-state index in [0.29, 0.717) is 5.69 Å². The minimum atomic E-state index is -0.240. The molecule has 2 nitrogen and oxygen atoms in total. The minimum Gasteiger partial charge on any atom is -0.308 e. The van der Waals surface area contributed by atoms with Gasteiger partial charge in [0.1, 0.15) is 5.82 Å². The van der Waals surface area contributed by atoms with E-state index in [4.69, 9.17) is 0 Å². The summed E-state index contributed by atoms with van der Waals surface area (Å²) in [4.78, 5) is 4.24. The second-order valence-electron chi connectivity index (χ2n) is 5.58. The van der Waals surface area contributed by atoms with Crippen molar-refractivity contribution in [2.24, 2.45) is 0 Å². The Morgan fingerprint density at radius 1 is 1.19 bits per heavy atom. The zero-order chi connectivity index (χ0) is 15.2. The van der Waals surface area contributed by atoms with E-state index >= 15 is 0 Å². The van der Waals surface area contributed by atoms with Crippen LogP contribution in [0.5, 0.6) is 0 Å². The largest absolute Gasteiger partial charge is 0.308 e. The van der Waals surface area contributed by atoms with Gasteiger partial charge in [-0.25, -0.2) is 4.39 Å². The molecule has 1 aromatic heterocycles. The van der Waals surface area contributed by atoms with Gasteiger partial charge < -0.3 is 5.32 Å². The molecule has 1 heterocycles. The van der Waals surface area contributed by atoms with Crippen molar-refractivity contribution in [1.29, 1.82) is 0 Å². The lowest BCUT2D eigenvalue weighted by molar-refractivity contribution is 0.482. The van der Waals surface area contributed by atoms with Crippen molar-refractivity contribution in [3.05, 3.63) is 64.7 Å². The first-order valence-corrected chi connectivity index (χ1v) is 7.51. The maximum atomic E-state index is 14.0. The van der Waals surface area contributed by atoms with Crippen LogP contribution in [0.4, 0.5) is 4.39 Å². The second-order valence-corrected chi connectivity index (χ2v) is 5.58. The number of pyridine rings is 1. The first-order valence-electron chi connectivity index (χ1n) is 7.51. The number of halogens is 1. The molecule has 1 N–H and O–H groups in total. The Bertz CT molecular complexity index is 575. The third kappa shape index (κ3) is 4.36. The van der Waals surface area contributed by atoms with Gasteiger partial charge >= 0.3 is 0 Å². The first kappa shape index (κ1) is 15.6. The van der Waals surface area contributed by atoms with Gasteiger partial charge in [0.05, 0.1) is 11.7 Å². The van der Waals surface area contributed by atoms with Gasteiger partial charge in [0.2, 0.25) is 0 Å².